The Balaban J connectivity index is 1.21. The molecular weight excluding hydrogens is 713 g/mol. The number of aromatic nitrogens is 1. The van der Waals surface area contributed by atoms with E-state index < -0.39 is 0 Å². The Labute approximate surface area is 354 Å². The highest BCUT2D eigenvalue weighted by Crippen LogP contribution is 2.51. The largest absolute Gasteiger partial charge is 0.374 e. The second-order valence-electron chi connectivity index (χ2n) is 20.4. The highest BCUT2D eigenvalue weighted by molar-refractivity contribution is 5.81. The van der Waals surface area contributed by atoms with Crippen molar-refractivity contribution in [1.29, 1.82) is 0 Å². The number of fused-ring (bicyclic) bond motifs is 11. The summed E-state index contributed by atoms with van der Waals surface area (Å²) in [6.45, 7) is 8.79. The van der Waals surface area contributed by atoms with Gasteiger partial charge in [-0.3, -0.25) is 0 Å². The Hall–Kier alpha value is -4.30. The fourth-order valence-electron chi connectivity index (χ4n) is 14.1. The molecule has 0 saturated carbocycles. The van der Waals surface area contributed by atoms with Gasteiger partial charge in [0.05, 0.1) is 0 Å². The molecule has 8 aliphatic rings. The van der Waals surface area contributed by atoms with Crippen molar-refractivity contribution in [3.05, 3.63) is 151 Å². The summed E-state index contributed by atoms with van der Waals surface area (Å²) in [6.07, 6.45) is 36.0. The van der Waals surface area contributed by atoms with Crippen LogP contribution in [0.4, 0.5) is 5.69 Å². The zero-order valence-electron chi connectivity index (χ0n) is 36.6. The van der Waals surface area contributed by atoms with E-state index in [1.807, 2.05) is 0 Å². The standard InChI is InChI=1S/C57H66N2/c1-35(2)50-32-41-15-8-9-17-44(41)43-25-28-55-57-49-20-10-16-40-31-42(24-27-47(50)52(40)33-43)45-18-11-21-53-48(45)26-23-37(34-58(53)4)29-51(49)36(3)38-13-6-7-14-39(30-38)46-19-12-22-54(56(46)57)59(55)5/h6-9,11,13-15,17-18,21-22,24,27,31,35-37,40,43,49-51H,10,12,16,19-20,23,25-26,28-30,32-34H2,1-5H3. The number of hydrogen-bond acceptors (Lipinski definition) is 1. The van der Waals surface area contributed by atoms with Gasteiger partial charge in [-0.2, -0.15) is 0 Å². The smallest absolute Gasteiger partial charge is 0.0445 e. The van der Waals surface area contributed by atoms with Crippen molar-refractivity contribution in [1.82, 2.24) is 4.57 Å². The minimum absolute atomic E-state index is 0.450. The summed E-state index contributed by atoms with van der Waals surface area (Å²) in [5.74, 6) is 4.36. The number of rotatable bonds is 1. The first kappa shape index (κ1) is 37.7. The van der Waals surface area contributed by atoms with Crippen LogP contribution in [0.25, 0.3) is 17.2 Å². The van der Waals surface area contributed by atoms with Crippen molar-refractivity contribution in [2.75, 3.05) is 18.5 Å². The van der Waals surface area contributed by atoms with Crippen molar-refractivity contribution >= 4 is 22.9 Å². The lowest BCUT2D eigenvalue weighted by atomic mass is 9.67. The highest BCUT2D eigenvalue weighted by Gasteiger charge is 2.40. The molecule has 0 amide bonds. The predicted molar refractivity (Wildman–Crippen MR) is 249 cm³/mol. The quantitative estimate of drug-likeness (QED) is 0.239. The van der Waals surface area contributed by atoms with E-state index in [0.717, 1.165) is 32.2 Å². The van der Waals surface area contributed by atoms with Gasteiger partial charge in [0.1, 0.15) is 0 Å². The molecule has 7 aliphatic carbocycles. The average molecular weight is 779 g/mol. The van der Waals surface area contributed by atoms with Gasteiger partial charge in [0, 0.05) is 42.6 Å². The number of benzene rings is 2. The van der Waals surface area contributed by atoms with E-state index in [1.54, 1.807) is 61.0 Å². The second kappa shape index (κ2) is 15.0. The van der Waals surface area contributed by atoms with E-state index in [-0.39, 0.29) is 0 Å². The third-order valence-electron chi connectivity index (χ3n) is 17.1. The molecule has 11 rings (SSSR count). The molecule has 0 radical (unpaired) electrons. The molecule has 7 atom stereocenters. The van der Waals surface area contributed by atoms with Crippen LogP contribution < -0.4 is 15.5 Å². The Morgan fingerprint density at radius 1 is 0.847 bits per heavy atom. The first-order valence-corrected chi connectivity index (χ1v) is 23.8. The first-order chi connectivity index (χ1) is 28.8. The monoisotopic (exact) mass is 779 g/mol. The zero-order valence-corrected chi connectivity index (χ0v) is 36.6. The SMILES string of the molecule is CC(C)C1Cc2ccccc2C2CCc3c4c5c(n3C)=CCCC=5C3=CC=CC=C(C3)C(C)C3CC5CCc6c(cccc6N(C)C5)C5=CC(CCCC43)C(=C1C=C5)C2. The van der Waals surface area contributed by atoms with Crippen LogP contribution in [0.1, 0.15) is 130 Å². The molecule has 3 aromatic rings. The lowest BCUT2D eigenvalue weighted by molar-refractivity contribution is 0.242. The summed E-state index contributed by atoms with van der Waals surface area (Å²) in [4.78, 5) is 2.66. The van der Waals surface area contributed by atoms with Crippen LogP contribution in [0.15, 0.2) is 107 Å². The van der Waals surface area contributed by atoms with Crippen LogP contribution in [0.3, 0.4) is 0 Å². The molecule has 2 heterocycles. The predicted octanol–water partition coefficient (Wildman–Crippen LogP) is 12.0. The van der Waals surface area contributed by atoms with Crippen molar-refractivity contribution in [3.8, 4) is 0 Å². The van der Waals surface area contributed by atoms with Crippen LogP contribution in [-0.4, -0.2) is 18.2 Å². The molecule has 59 heavy (non-hydrogen) atoms. The van der Waals surface area contributed by atoms with Crippen molar-refractivity contribution in [2.24, 2.45) is 42.6 Å². The molecule has 1 aromatic heterocycles. The maximum atomic E-state index is 2.80. The number of allylic oxidation sites excluding steroid dienone is 12. The van der Waals surface area contributed by atoms with E-state index in [9.17, 15) is 0 Å². The van der Waals surface area contributed by atoms with Gasteiger partial charge in [-0.05, 0) is 181 Å². The molecule has 7 unspecified atom stereocenters. The van der Waals surface area contributed by atoms with Crippen molar-refractivity contribution in [3.63, 3.8) is 0 Å². The van der Waals surface area contributed by atoms with Gasteiger partial charge in [0.25, 0.3) is 0 Å². The molecule has 1 aliphatic heterocycles. The Morgan fingerprint density at radius 2 is 1.73 bits per heavy atom. The van der Waals surface area contributed by atoms with Crippen LogP contribution >= 0.6 is 0 Å². The van der Waals surface area contributed by atoms with Crippen molar-refractivity contribution < 1.29 is 0 Å². The highest BCUT2D eigenvalue weighted by atomic mass is 15.1. The second-order valence-corrected chi connectivity index (χ2v) is 20.4. The van der Waals surface area contributed by atoms with Gasteiger partial charge in [0.15, 0.2) is 0 Å². The maximum Gasteiger partial charge on any atom is 0.0445 e. The normalized spacial score (nSPS) is 29.7. The Bertz CT molecular complexity index is 2520. The molecule has 9 bridgehead atoms. The van der Waals surface area contributed by atoms with Crippen molar-refractivity contribution in [2.45, 2.75) is 116 Å². The van der Waals surface area contributed by atoms with Gasteiger partial charge >= 0.3 is 0 Å². The van der Waals surface area contributed by atoms with Gasteiger partial charge in [-0.1, -0.05) is 123 Å². The molecule has 0 spiro atoms. The fraction of sp³-hybridized carbons (Fsp3) is 0.474. The lowest BCUT2D eigenvalue weighted by Gasteiger charge is -2.38. The lowest BCUT2D eigenvalue weighted by Crippen LogP contribution is -2.36. The van der Waals surface area contributed by atoms with Gasteiger partial charge in [-0.15, -0.1) is 0 Å². The van der Waals surface area contributed by atoms with E-state index in [4.69, 9.17) is 0 Å². The molecule has 304 valence electrons. The summed E-state index contributed by atoms with van der Waals surface area (Å²) in [5.41, 5.74) is 21.1. The third-order valence-corrected chi connectivity index (χ3v) is 17.1. The third kappa shape index (κ3) is 6.32. The molecule has 2 heteroatoms. The van der Waals surface area contributed by atoms with E-state index in [2.05, 4.69) is 135 Å². The van der Waals surface area contributed by atoms with Gasteiger partial charge in [0.2, 0.25) is 0 Å². The fourth-order valence-corrected chi connectivity index (χ4v) is 14.1. The van der Waals surface area contributed by atoms with Crippen LogP contribution in [0.5, 0.6) is 0 Å². The summed E-state index contributed by atoms with van der Waals surface area (Å²) in [7, 11) is 4.86. The van der Waals surface area contributed by atoms with Crippen LogP contribution in [-0.2, 0) is 26.3 Å². The summed E-state index contributed by atoms with van der Waals surface area (Å²) >= 11 is 0. The zero-order chi connectivity index (χ0) is 39.9. The maximum absolute atomic E-state index is 2.80. The topological polar surface area (TPSA) is 8.17 Å². The van der Waals surface area contributed by atoms with Crippen LogP contribution in [0, 0.1) is 35.5 Å². The summed E-state index contributed by atoms with van der Waals surface area (Å²) in [5, 5.41) is 3.19. The van der Waals surface area contributed by atoms with E-state index in [0.29, 0.717) is 47.3 Å². The molecule has 2 nitrogen and oxygen atoms in total. The van der Waals surface area contributed by atoms with Crippen LogP contribution in [0.2, 0.25) is 0 Å². The molecule has 0 N–H and O–H groups in total. The van der Waals surface area contributed by atoms with E-state index in [1.165, 1.54) is 80.0 Å². The number of hydrogen-bond donors (Lipinski definition) is 0. The van der Waals surface area contributed by atoms with Gasteiger partial charge in [-0.25, -0.2) is 0 Å². The summed E-state index contributed by atoms with van der Waals surface area (Å²) in [6, 6.07) is 17.0. The average Bonchev–Trinajstić information content (AvgIpc) is 3.47. The van der Waals surface area contributed by atoms with Gasteiger partial charge < -0.3 is 9.47 Å². The molecule has 2 aromatic carbocycles. The Morgan fingerprint density at radius 3 is 2.63 bits per heavy atom. The minimum Gasteiger partial charge on any atom is -0.374 e. The Kier molecular flexibility index (Phi) is 9.58. The first-order valence-electron chi connectivity index (χ1n) is 23.8. The molecule has 0 fully saturated rings. The van der Waals surface area contributed by atoms with E-state index >= 15 is 0 Å². The number of nitrogens with zero attached hydrogens (tertiary/aromatic N) is 2. The molecule has 0 saturated heterocycles. The minimum atomic E-state index is 0.450. The molecular formula is C57H66N2. The summed E-state index contributed by atoms with van der Waals surface area (Å²) < 4.78 is 2.73. The number of anilines is 1.